The molecule has 32 heavy (non-hydrogen) atoms. The Hall–Kier alpha value is -3.17. The molecule has 0 N–H and O–H groups in total. The van der Waals surface area contributed by atoms with Gasteiger partial charge in [0.05, 0.1) is 12.0 Å². The number of carbonyl (C=O) groups is 1. The highest BCUT2D eigenvalue weighted by molar-refractivity contribution is 9.10. The summed E-state index contributed by atoms with van der Waals surface area (Å²) in [6.45, 7) is 0.579. The maximum absolute atomic E-state index is 14.3. The van der Waals surface area contributed by atoms with Gasteiger partial charge in [0, 0.05) is 15.6 Å². The first-order valence-electron chi connectivity index (χ1n) is 10.9. The third-order valence-electron chi connectivity index (χ3n) is 7.17. The summed E-state index contributed by atoms with van der Waals surface area (Å²) in [5.41, 5.74) is 4.73. The number of rotatable bonds is 4. The Morgan fingerprint density at radius 1 is 0.719 bits per heavy atom. The topological polar surface area (TPSA) is 20.3 Å². The second-order valence-electron chi connectivity index (χ2n) is 8.76. The number of fused-ring (bicyclic) bond motifs is 2. The molecule has 0 aromatic heterocycles. The van der Waals surface area contributed by atoms with Crippen LogP contribution in [0.4, 0.5) is 5.69 Å². The Bertz CT molecular complexity index is 1260. The van der Waals surface area contributed by atoms with Crippen molar-refractivity contribution in [2.24, 2.45) is 0 Å². The molecule has 4 aromatic carbocycles. The highest BCUT2D eigenvalue weighted by Gasteiger charge is 2.77. The van der Waals surface area contributed by atoms with Crippen LogP contribution >= 0.6 is 15.9 Å². The second-order valence-corrected chi connectivity index (χ2v) is 9.67. The van der Waals surface area contributed by atoms with Crippen molar-refractivity contribution in [3.63, 3.8) is 0 Å². The molecule has 1 atom stereocenters. The molecule has 156 valence electrons. The first-order valence-corrected chi connectivity index (χ1v) is 11.7. The van der Waals surface area contributed by atoms with E-state index in [1.165, 1.54) is 11.1 Å². The van der Waals surface area contributed by atoms with E-state index in [2.05, 4.69) is 88.7 Å². The molecule has 0 bridgehead atoms. The molecule has 1 heterocycles. The summed E-state index contributed by atoms with van der Waals surface area (Å²) in [4.78, 5) is 16.3. The quantitative estimate of drug-likeness (QED) is 0.321. The fourth-order valence-corrected chi connectivity index (χ4v) is 6.07. The number of benzene rings is 4. The molecule has 3 heteroatoms. The van der Waals surface area contributed by atoms with Gasteiger partial charge in [-0.25, -0.2) is 0 Å². The van der Waals surface area contributed by atoms with Gasteiger partial charge in [-0.3, -0.25) is 4.79 Å². The lowest BCUT2D eigenvalue weighted by molar-refractivity contribution is -0.120. The number of halogens is 1. The molecule has 1 unspecified atom stereocenters. The van der Waals surface area contributed by atoms with Crippen LogP contribution < -0.4 is 4.90 Å². The Kier molecular flexibility index (Phi) is 4.38. The lowest BCUT2D eigenvalue weighted by Gasteiger charge is -2.24. The molecule has 1 saturated carbocycles. The van der Waals surface area contributed by atoms with Crippen LogP contribution in [0.15, 0.2) is 114 Å². The predicted octanol–water partition coefficient (Wildman–Crippen LogP) is 6.62. The summed E-state index contributed by atoms with van der Waals surface area (Å²) in [7, 11) is 0. The number of anilines is 1. The zero-order valence-electron chi connectivity index (χ0n) is 17.5. The van der Waals surface area contributed by atoms with Gasteiger partial charge < -0.3 is 4.90 Å². The monoisotopic (exact) mass is 479 g/mol. The summed E-state index contributed by atoms with van der Waals surface area (Å²) in [6.07, 6.45) is 0.779. The van der Waals surface area contributed by atoms with Crippen LogP contribution in [0.3, 0.4) is 0 Å². The SMILES string of the molecule is O=C1N(Cc2ccccc2)c2ccc(Br)cc2C12CC2(c1ccccc1)c1ccccc1. The standard InChI is InChI=1S/C29H22BrNO/c30-24-16-17-26-25(18-24)29(27(32)31(26)19-21-10-4-1-5-11-21)20-28(29,22-12-6-2-7-13-22)23-14-8-3-9-15-23/h1-18H,19-20H2. The van der Waals surface area contributed by atoms with Gasteiger partial charge in [-0.05, 0) is 46.9 Å². The number of carbonyl (C=O) groups excluding carboxylic acids is 1. The van der Waals surface area contributed by atoms with Gasteiger partial charge in [0.1, 0.15) is 0 Å². The van der Waals surface area contributed by atoms with E-state index in [4.69, 9.17) is 0 Å². The van der Waals surface area contributed by atoms with Gasteiger partial charge in [-0.2, -0.15) is 0 Å². The molecule has 4 aromatic rings. The van der Waals surface area contributed by atoms with Crippen molar-refractivity contribution < 1.29 is 4.79 Å². The van der Waals surface area contributed by atoms with Crippen molar-refractivity contribution in [3.8, 4) is 0 Å². The molecule has 1 aliphatic heterocycles. The third kappa shape index (κ3) is 2.61. The van der Waals surface area contributed by atoms with E-state index in [-0.39, 0.29) is 11.3 Å². The number of hydrogen-bond acceptors (Lipinski definition) is 1. The average molecular weight is 480 g/mol. The molecule has 0 saturated heterocycles. The highest BCUT2D eigenvalue weighted by atomic mass is 79.9. The van der Waals surface area contributed by atoms with Crippen LogP contribution in [0, 0.1) is 0 Å². The van der Waals surface area contributed by atoms with E-state index < -0.39 is 5.41 Å². The molecule has 2 nitrogen and oxygen atoms in total. The summed E-state index contributed by atoms with van der Waals surface area (Å²) >= 11 is 3.67. The fraction of sp³-hybridized carbons (Fsp3) is 0.138. The molecule has 0 radical (unpaired) electrons. The zero-order chi connectivity index (χ0) is 21.8. The molecular formula is C29H22BrNO. The Morgan fingerprint density at radius 2 is 1.28 bits per heavy atom. The van der Waals surface area contributed by atoms with Gasteiger partial charge in [0.15, 0.2) is 0 Å². The van der Waals surface area contributed by atoms with Crippen molar-refractivity contribution in [1.82, 2.24) is 0 Å². The third-order valence-corrected chi connectivity index (χ3v) is 7.66. The molecule has 6 rings (SSSR count). The minimum absolute atomic E-state index is 0.196. The average Bonchev–Trinajstić information content (AvgIpc) is 3.51. The van der Waals surface area contributed by atoms with Crippen molar-refractivity contribution in [1.29, 1.82) is 0 Å². The van der Waals surface area contributed by atoms with Gasteiger partial charge >= 0.3 is 0 Å². The summed E-state index contributed by atoms with van der Waals surface area (Å²) in [5, 5.41) is 0. The maximum atomic E-state index is 14.3. The van der Waals surface area contributed by atoms with Crippen LogP contribution in [0.1, 0.15) is 28.7 Å². The largest absolute Gasteiger partial charge is 0.307 e. The van der Waals surface area contributed by atoms with Gasteiger partial charge in [-0.15, -0.1) is 0 Å². The number of hydrogen-bond donors (Lipinski definition) is 0. The maximum Gasteiger partial charge on any atom is 0.239 e. The van der Waals surface area contributed by atoms with E-state index in [9.17, 15) is 4.79 Å². The van der Waals surface area contributed by atoms with E-state index in [0.717, 1.165) is 27.7 Å². The van der Waals surface area contributed by atoms with E-state index in [1.807, 2.05) is 41.3 Å². The van der Waals surface area contributed by atoms with E-state index in [0.29, 0.717) is 6.54 Å². The Labute approximate surface area is 196 Å². The summed E-state index contributed by atoms with van der Waals surface area (Å²) < 4.78 is 1.01. The first-order chi connectivity index (χ1) is 15.7. The van der Waals surface area contributed by atoms with Crippen molar-refractivity contribution >= 4 is 27.5 Å². The van der Waals surface area contributed by atoms with Crippen molar-refractivity contribution in [2.45, 2.75) is 23.8 Å². The van der Waals surface area contributed by atoms with Crippen LogP contribution in [-0.2, 0) is 22.2 Å². The number of nitrogens with zero attached hydrogens (tertiary/aromatic N) is 1. The lowest BCUT2D eigenvalue weighted by atomic mass is 9.77. The normalized spacial score (nSPS) is 20.4. The Morgan fingerprint density at radius 3 is 1.88 bits per heavy atom. The first kappa shape index (κ1) is 19.5. The molecule has 2 aliphatic rings. The second kappa shape index (κ2) is 7.18. The Balaban J connectivity index is 1.56. The van der Waals surface area contributed by atoms with Gasteiger partial charge in [0.25, 0.3) is 0 Å². The smallest absolute Gasteiger partial charge is 0.239 e. The highest BCUT2D eigenvalue weighted by Crippen LogP contribution is 2.73. The van der Waals surface area contributed by atoms with Gasteiger partial charge in [-0.1, -0.05) is 107 Å². The molecular weight excluding hydrogens is 458 g/mol. The van der Waals surface area contributed by atoms with Crippen molar-refractivity contribution in [2.75, 3.05) is 4.90 Å². The van der Waals surface area contributed by atoms with Crippen LogP contribution in [0.2, 0.25) is 0 Å². The lowest BCUT2D eigenvalue weighted by Crippen LogP contribution is -2.36. The van der Waals surface area contributed by atoms with Crippen molar-refractivity contribution in [3.05, 3.63) is 136 Å². The molecule has 1 spiro atoms. The summed E-state index contributed by atoms with van der Waals surface area (Å²) in [6, 6.07) is 37.6. The summed E-state index contributed by atoms with van der Waals surface area (Å²) in [5.74, 6) is 0.196. The van der Waals surface area contributed by atoms with Crippen LogP contribution in [0.5, 0.6) is 0 Å². The molecule has 1 aliphatic carbocycles. The molecule has 1 fully saturated rings. The van der Waals surface area contributed by atoms with E-state index >= 15 is 0 Å². The predicted molar refractivity (Wildman–Crippen MR) is 132 cm³/mol. The molecule has 1 amide bonds. The van der Waals surface area contributed by atoms with Crippen LogP contribution in [0.25, 0.3) is 0 Å². The van der Waals surface area contributed by atoms with Crippen LogP contribution in [-0.4, -0.2) is 5.91 Å². The fourth-order valence-electron chi connectivity index (χ4n) is 5.71. The van der Waals surface area contributed by atoms with Gasteiger partial charge in [0.2, 0.25) is 5.91 Å². The number of amides is 1. The minimum Gasteiger partial charge on any atom is -0.307 e. The van der Waals surface area contributed by atoms with E-state index in [1.54, 1.807) is 0 Å². The minimum atomic E-state index is -0.594. The zero-order valence-corrected chi connectivity index (χ0v) is 19.1.